The van der Waals surface area contributed by atoms with Gasteiger partial charge in [-0.2, -0.15) is 0 Å². The number of nitrogens with zero attached hydrogens (tertiary/aromatic N) is 1. The van der Waals surface area contributed by atoms with Crippen LogP contribution >= 0.6 is 11.3 Å². The van der Waals surface area contributed by atoms with E-state index in [0.717, 1.165) is 12.1 Å². The van der Waals surface area contributed by atoms with Crippen LogP contribution in [-0.2, 0) is 5.41 Å². The average molecular weight is 260 g/mol. The van der Waals surface area contributed by atoms with Crippen LogP contribution in [-0.4, -0.2) is 11.5 Å². The van der Waals surface area contributed by atoms with Crippen molar-refractivity contribution in [1.82, 2.24) is 4.98 Å². The summed E-state index contributed by atoms with van der Waals surface area (Å²) in [6, 6.07) is 8.51. The Bertz CT molecular complexity index is 512. The predicted molar refractivity (Wildman–Crippen MR) is 79.0 cm³/mol. The number of thiazole rings is 1. The first kappa shape index (κ1) is 13.2. The van der Waals surface area contributed by atoms with E-state index in [2.05, 4.69) is 50.4 Å². The maximum Gasteiger partial charge on any atom is 0.0989 e. The number of benzene rings is 1. The summed E-state index contributed by atoms with van der Waals surface area (Å²) in [4.78, 5) is 4.76. The Labute approximate surface area is 113 Å². The molecule has 0 saturated carbocycles. The molecule has 0 bridgehead atoms. The highest BCUT2D eigenvalue weighted by Crippen LogP contribution is 2.32. The van der Waals surface area contributed by atoms with Crippen molar-refractivity contribution in [1.29, 1.82) is 0 Å². The molecule has 2 aromatic rings. The van der Waals surface area contributed by atoms with Gasteiger partial charge in [-0.1, -0.05) is 43.7 Å². The van der Waals surface area contributed by atoms with E-state index in [1.165, 1.54) is 16.1 Å². The van der Waals surface area contributed by atoms with Gasteiger partial charge < -0.3 is 5.73 Å². The maximum absolute atomic E-state index is 5.66. The summed E-state index contributed by atoms with van der Waals surface area (Å²) in [6.07, 6.45) is 0.966. The Morgan fingerprint density at radius 3 is 2.50 bits per heavy atom. The SMILES string of the molecule is Cc1ccc(-c2csc(C(C)(C)CCN)n2)cc1. The van der Waals surface area contributed by atoms with Gasteiger partial charge in [0.1, 0.15) is 0 Å². The third-order valence-electron chi connectivity index (χ3n) is 3.20. The Balaban J connectivity index is 2.28. The molecule has 0 aliphatic heterocycles. The first-order valence-electron chi connectivity index (χ1n) is 6.26. The van der Waals surface area contributed by atoms with Gasteiger partial charge in [0.25, 0.3) is 0 Å². The van der Waals surface area contributed by atoms with Gasteiger partial charge in [-0.25, -0.2) is 4.98 Å². The Morgan fingerprint density at radius 2 is 1.89 bits per heavy atom. The van der Waals surface area contributed by atoms with E-state index in [0.29, 0.717) is 6.54 Å². The number of nitrogens with two attached hydrogens (primary N) is 1. The van der Waals surface area contributed by atoms with Crippen molar-refractivity contribution < 1.29 is 0 Å². The Morgan fingerprint density at radius 1 is 1.22 bits per heavy atom. The number of hydrogen-bond acceptors (Lipinski definition) is 3. The normalized spacial score (nSPS) is 11.8. The Hall–Kier alpha value is -1.19. The lowest BCUT2D eigenvalue weighted by Gasteiger charge is -2.20. The lowest BCUT2D eigenvalue weighted by atomic mass is 9.90. The number of hydrogen-bond donors (Lipinski definition) is 1. The molecule has 1 aromatic heterocycles. The van der Waals surface area contributed by atoms with E-state index in [9.17, 15) is 0 Å². The number of rotatable bonds is 4. The van der Waals surface area contributed by atoms with Crippen LogP contribution in [0.2, 0.25) is 0 Å². The molecule has 1 heterocycles. The summed E-state index contributed by atoms with van der Waals surface area (Å²) in [7, 11) is 0. The average Bonchev–Trinajstić information content (AvgIpc) is 2.80. The third-order valence-corrected chi connectivity index (χ3v) is 4.41. The highest BCUT2D eigenvalue weighted by molar-refractivity contribution is 7.10. The van der Waals surface area contributed by atoms with E-state index in [4.69, 9.17) is 10.7 Å². The summed E-state index contributed by atoms with van der Waals surface area (Å²) in [5.41, 5.74) is 9.27. The molecular formula is C15H20N2S. The van der Waals surface area contributed by atoms with Crippen LogP contribution in [0, 0.1) is 6.92 Å². The van der Waals surface area contributed by atoms with Crippen LogP contribution in [0.4, 0.5) is 0 Å². The highest BCUT2D eigenvalue weighted by atomic mass is 32.1. The topological polar surface area (TPSA) is 38.9 Å². The smallest absolute Gasteiger partial charge is 0.0989 e. The van der Waals surface area contributed by atoms with E-state index in [1.807, 2.05) is 0 Å². The third kappa shape index (κ3) is 2.79. The standard InChI is InChI=1S/C15H20N2S/c1-11-4-6-12(7-5-11)13-10-18-14(17-13)15(2,3)8-9-16/h4-7,10H,8-9,16H2,1-3H3. The van der Waals surface area contributed by atoms with Gasteiger partial charge >= 0.3 is 0 Å². The summed E-state index contributed by atoms with van der Waals surface area (Å²) in [6.45, 7) is 7.21. The zero-order valence-corrected chi connectivity index (χ0v) is 12.1. The zero-order chi connectivity index (χ0) is 13.2. The highest BCUT2D eigenvalue weighted by Gasteiger charge is 2.23. The molecule has 0 unspecified atom stereocenters. The monoisotopic (exact) mass is 260 g/mol. The quantitative estimate of drug-likeness (QED) is 0.909. The largest absolute Gasteiger partial charge is 0.330 e. The van der Waals surface area contributed by atoms with Crippen molar-refractivity contribution in [2.75, 3.05) is 6.54 Å². The second-order valence-corrected chi connectivity index (χ2v) is 6.18. The molecule has 1 aromatic carbocycles. The van der Waals surface area contributed by atoms with Gasteiger partial charge in [0.15, 0.2) is 0 Å². The lowest BCUT2D eigenvalue weighted by Crippen LogP contribution is -2.21. The van der Waals surface area contributed by atoms with Crippen molar-refractivity contribution in [3.8, 4) is 11.3 Å². The Kier molecular flexibility index (Phi) is 3.83. The minimum absolute atomic E-state index is 0.0718. The van der Waals surface area contributed by atoms with Gasteiger partial charge in [0.05, 0.1) is 10.7 Å². The molecule has 96 valence electrons. The van der Waals surface area contributed by atoms with Crippen LogP contribution < -0.4 is 5.73 Å². The molecule has 0 amide bonds. The van der Waals surface area contributed by atoms with Gasteiger partial charge in [-0.15, -0.1) is 11.3 Å². The molecular weight excluding hydrogens is 240 g/mol. The fourth-order valence-electron chi connectivity index (χ4n) is 1.91. The van der Waals surface area contributed by atoms with Gasteiger partial charge in [0, 0.05) is 16.4 Å². The molecule has 18 heavy (non-hydrogen) atoms. The molecule has 0 atom stereocenters. The van der Waals surface area contributed by atoms with Crippen LogP contribution in [0.1, 0.15) is 30.8 Å². The molecule has 0 fully saturated rings. The zero-order valence-electron chi connectivity index (χ0n) is 11.2. The van der Waals surface area contributed by atoms with E-state index in [1.54, 1.807) is 11.3 Å². The molecule has 2 nitrogen and oxygen atoms in total. The molecule has 2 rings (SSSR count). The minimum atomic E-state index is 0.0718. The summed E-state index contributed by atoms with van der Waals surface area (Å²) in [5.74, 6) is 0. The minimum Gasteiger partial charge on any atom is -0.330 e. The fraction of sp³-hybridized carbons (Fsp3) is 0.400. The van der Waals surface area contributed by atoms with Crippen LogP contribution in [0.3, 0.4) is 0 Å². The number of aromatic nitrogens is 1. The van der Waals surface area contributed by atoms with Crippen molar-refractivity contribution in [2.24, 2.45) is 5.73 Å². The van der Waals surface area contributed by atoms with Crippen molar-refractivity contribution in [3.63, 3.8) is 0 Å². The first-order chi connectivity index (χ1) is 8.53. The lowest BCUT2D eigenvalue weighted by molar-refractivity contribution is 0.485. The fourth-order valence-corrected chi connectivity index (χ4v) is 2.89. The summed E-state index contributed by atoms with van der Waals surface area (Å²) < 4.78 is 0. The van der Waals surface area contributed by atoms with Gasteiger partial charge in [-0.3, -0.25) is 0 Å². The van der Waals surface area contributed by atoms with Crippen LogP contribution in [0.25, 0.3) is 11.3 Å². The summed E-state index contributed by atoms with van der Waals surface area (Å²) >= 11 is 1.73. The molecule has 0 aliphatic rings. The van der Waals surface area contributed by atoms with Crippen molar-refractivity contribution >= 4 is 11.3 Å². The second kappa shape index (κ2) is 5.21. The van der Waals surface area contributed by atoms with Crippen molar-refractivity contribution in [2.45, 2.75) is 32.6 Å². The van der Waals surface area contributed by atoms with Crippen LogP contribution in [0.5, 0.6) is 0 Å². The molecule has 0 radical (unpaired) electrons. The molecule has 0 spiro atoms. The van der Waals surface area contributed by atoms with Gasteiger partial charge in [0.2, 0.25) is 0 Å². The molecule has 0 saturated heterocycles. The van der Waals surface area contributed by atoms with E-state index >= 15 is 0 Å². The molecule has 3 heteroatoms. The first-order valence-corrected chi connectivity index (χ1v) is 7.14. The summed E-state index contributed by atoms with van der Waals surface area (Å²) in [5, 5.41) is 3.31. The maximum atomic E-state index is 5.66. The predicted octanol–water partition coefficient (Wildman–Crippen LogP) is 3.74. The van der Waals surface area contributed by atoms with E-state index < -0.39 is 0 Å². The molecule has 2 N–H and O–H groups in total. The van der Waals surface area contributed by atoms with Crippen LogP contribution in [0.15, 0.2) is 29.6 Å². The molecule has 0 aliphatic carbocycles. The van der Waals surface area contributed by atoms with E-state index in [-0.39, 0.29) is 5.41 Å². The second-order valence-electron chi connectivity index (χ2n) is 5.33. The number of aryl methyl sites for hydroxylation is 1. The van der Waals surface area contributed by atoms with Gasteiger partial charge in [-0.05, 0) is 19.9 Å². The van der Waals surface area contributed by atoms with Crippen molar-refractivity contribution in [3.05, 3.63) is 40.2 Å².